The van der Waals surface area contributed by atoms with Crippen molar-refractivity contribution >= 4 is 44.5 Å². The fraction of sp³-hybridized carbons (Fsp3) is 0. The van der Waals surface area contributed by atoms with Gasteiger partial charge in [0.1, 0.15) is 10.8 Å². The molecule has 2 rings (SSSR count). The Labute approximate surface area is 126 Å². The van der Waals surface area contributed by atoms with Gasteiger partial charge < -0.3 is 11.1 Å². The molecule has 0 atom stereocenters. The molecule has 0 fully saturated rings. The first-order valence-electron chi connectivity index (χ1n) is 5.39. The van der Waals surface area contributed by atoms with Crippen molar-refractivity contribution in [3.05, 3.63) is 57.8 Å². The molecule has 0 aliphatic heterocycles. The molecular weight excluding hydrogens is 353 g/mol. The van der Waals surface area contributed by atoms with Crippen molar-refractivity contribution in [3.63, 3.8) is 0 Å². The zero-order chi connectivity index (χ0) is 14.9. The van der Waals surface area contributed by atoms with E-state index in [-0.39, 0.29) is 10.7 Å². The van der Waals surface area contributed by atoms with Gasteiger partial charge in [0.15, 0.2) is 11.6 Å². The van der Waals surface area contributed by atoms with E-state index >= 15 is 0 Å². The predicted octanol–water partition coefficient (Wildman–Crippen LogP) is 4.24. The van der Waals surface area contributed by atoms with Crippen molar-refractivity contribution in [1.29, 1.82) is 0 Å². The summed E-state index contributed by atoms with van der Waals surface area (Å²) in [6, 6.07) is 6.21. The van der Waals surface area contributed by atoms with Crippen LogP contribution in [0, 0.1) is 17.5 Å². The van der Waals surface area contributed by atoms with E-state index in [1.165, 1.54) is 0 Å². The molecule has 0 aliphatic rings. The average molecular weight is 361 g/mol. The highest BCUT2D eigenvalue weighted by atomic mass is 79.9. The number of halogens is 4. The molecule has 7 heteroatoms. The van der Waals surface area contributed by atoms with Crippen molar-refractivity contribution in [2.75, 3.05) is 5.32 Å². The van der Waals surface area contributed by atoms with Crippen LogP contribution in [0.3, 0.4) is 0 Å². The zero-order valence-corrected chi connectivity index (χ0v) is 12.3. The third-order valence-electron chi connectivity index (χ3n) is 2.51. The number of hydrogen-bond acceptors (Lipinski definition) is 2. The monoisotopic (exact) mass is 360 g/mol. The third-order valence-corrected chi connectivity index (χ3v) is 3.22. The van der Waals surface area contributed by atoms with E-state index in [0.717, 1.165) is 6.07 Å². The van der Waals surface area contributed by atoms with Crippen LogP contribution in [0.25, 0.3) is 0 Å². The van der Waals surface area contributed by atoms with Gasteiger partial charge in [-0.05, 0) is 18.2 Å². The second-order valence-electron chi connectivity index (χ2n) is 3.93. The summed E-state index contributed by atoms with van der Waals surface area (Å²) in [5.74, 6) is -3.35. The van der Waals surface area contributed by atoms with Crippen molar-refractivity contribution in [1.82, 2.24) is 0 Å². The normalized spacial score (nSPS) is 10.4. The molecule has 0 spiro atoms. The van der Waals surface area contributed by atoms with Crippen molar-refractivity contribution < 1.29 is 13.2 Å². The van der Waals surface area contributed by atoms with Gasteiger partial charge in [0, 0.05) is 27.9 Å². The Morgan fingerprint density at radius 3 is 2.45 bits per heavy atom. The highest BCUT2D eigenvalue weighted by molar-refractivity contribution is 9.10. The van der Waals surface area contributed by atoms with E-state index in [2.05, 4.69) is 21.2 Å². The van der Waals surface area contributed by atoms with Gasteiger partial charge in [0.2, 0.25) is 0 Å². The first kappa shape index (κ1) is 14.8. The minimum atomic E-state index is -1.28. The van der Waals surface area contributed by atoms with E-state index in [1.54, 1.807) is 18.2 Å². The summed E-state index contributed by atoms with van der Waals surface area (Å²) in [6.07, 6.45) is 0. The molecule has 0 saturated carbocycles. The Hall–Kier alpha value is -1.60. The standard InChI is InChI=1S/C13H8BrF3N2S/c14-6-1-2-8(13(18)20)10(3-6)19-11-5-7(15)4-9(16)12(11)17/h1-5,19H,(H2,18,20). The van der Waals surface area contributed by atoms with E-state index in [0.29, 0.717) is 21.8 Å². The van der Waals surface area contributed by atoms with Crippen LogP contribution < -0.4 is 11.1 Å². The van der Waals surface area contributed by atoms with Gasteiger partial charge in [-0.3, -0.25) is 0 Å². The van der Waals surface area contributed by atoms with Crippen LogP contribution in [0.5, 0.6) is 0 Å². The molecule has 20 heavy (non-hydrogen) atoms. The molecule has 104 valence electrons. The van der Waals surface area contributed by atoms with Gasteiger partial charge >= 0.3 is 0 Å². The number of hydrogen-bond donors (Lipinski definition) is 2. The SMILES string of the molecule is NC(=S)c1ccc(Br)cc1Nc1cc(F)cc(F)c1F. The summed E-state index contributed by atoms with van der Waals surface area (Å²) < 4.78 is 40.6. The van der Waals surface area contributed by atoms with Gasteiger partial charge in [-0.2, -0.15) is 0 Å². The van der Waals surface area contributed by atoms with Crippen LogP contribution in [-0.4, -0.2) is 4.99 Å². The number of benzene rings is 2. The van der Waals surface area contributed by atoms with E-state index < -0.39 is 17.5 Å². The molecule has 0 heterocycles. The third kappa shape index (κ3) is 3.10. The van der Waals surface area contributed by atoms with E-state index in [1.807, 2.05) is 0 Å². The quantitative estimate of drug-likeness (QED) is 0.634. The Morgan fingerprint density at radius 2 is 1.80 bits per heavy atom. The second-order valence-corrected chi connectivity index (χ2v) is 5.28. The van der Waals surface area contributed by atoms with Gasteiger partial charge in [0.05, 0.1) is 5.69 Å². The van der Waals surface area contributed by atoms with Crippen molar-refractivity contribution in [2.45, 2.75) is 0 Å². The maximum atomic E-state index is 13.6. The van der Waals surface area contributed by atoms with Crippen molar-refractivity contribution in [3.8, 4) is 0 Å². The lowest BCUT2D eigenvalue weighted by Crippen LogP contribution is -2.12. The highest BCUT2D eigenvalue weighted by Crippen LogP contribution is 2.28. The fourth-order valence-electron chi connectivity index (χ4n) is 1.63. The van der Waals surface area contributed by atoms with Gasteiger partial charge in [-0.15, -0.1) is 0 Å². The lowest BCUT2D eigenvalue weighted by atomic mass is 10.1. The first-order chi connectivity index (χ1) is 9.38. The van der Waals surface area contributed by atoms with Crippen LogP contribution >= 0.6 is 28.1 Å². The van der Waals surface area contributed by atoms with Gasteiger partial charge in [-0.25, -0.2) is 13.2 Å². The maximum Gasteiger partial charge on any atom is 0.182 e. The summed E-state index contributed by atoms with van der Waals surface area (Å²) >= 11 is 8.11. The number of thiocarbonyl (C=S) groups is 1. The van der Waals surface area contributed by atoms with Crippen LogP contribution in [0.2, 0.25) is 0 Å². The summed E-state index contributed by atoms with van der Waals surface area (Å²) in [6.45, 7) is 0. The molecule has 2 aromatic rings. The van der Waals surface area contributed by atoms with Crippen molar-refractivity contribution in [2.24, 2.45) is 5.73 Å². The Morgan fingerprint density at radius 1 is 1.10 bits per heavy atom. The second kappa shape index (κ2) is 5.80. The van der Waals surface area contributed by atoms with Crippen LogP contribution in [0.4, 0.5) is 24.5 Å². The molecule has 0 aliphatic carbocycles. The summed E-state index contributed by atoms with van der Waals surface area (Å²) in [5.41, 5.74) is 6.00. The number of nitrogens with two attached hydrogens (primary N) is 1. The number of anilines is 2. The van der Waals surface area contributed by atoms with Gasteiger partial charge in [-0.1, -0.05) is 28.1 Å². The van der Waals surface area contributed by atoms with Crippen LogP contribution in [0.1, 0.15) is 5.56 Å². The smallest absolute Gasteiger partial charge is 0.182 e. The number of rotatable bonds is 3. The Kier molecular flexibility index (Phi) is 4.29. The summed E-state index contributed by atoms with van der Waals surface area (Å²) in [4.78, 5) is 0.0808. The minimum absolute atomic E-state index is 0.0808. The van der Waals surface area contributed by atoms with Crippen LogP contribution in [-0.2, 0) is 0 Å². The van der Waals surface area contributed by atoms with Crippen LogP contribution in [0.15, 0.2) is 34.8 Å². The highest BCUT2D eigenvalue weighted by Gasteiger charge is 2.13. The summed E-state index contributed by atoms with van der Waals surface area (Å²) in [7, 11) is 0. The van der Waals surface area contributed by atoms with E-state index in [9.17, 15) is 13.2 Å². The maximum absolute atomic E-state index is 13.6. The molecule has 2 nitrogen and oxygen atoms in total. The zero-order valence-electron chi connectivity index (χ0n) is 9.88. The minimum Gasteiger partial charge on any atom is -0.389 e. The molecule has 0 aromatic heterocycles. The Balaban J connectivity index is 2.50. The molecule has 0 amide bonds. The molecular formula is C13H8BrF3N2S. The Bertz CT molecular complexity index is 692. The fourth-order valence-corrected chi connectivity index (χ4v) is 2.17. The predicted molar refractivity (Wildman–Crippen MR) is 79.6 cm³/mol. The van der Waals surface area contributed by atoms with Gasteiger partial charge in [0.25, 0.3) is 0 Å². The number of nitrogens with one attached hydrogen (secondary N) is 1. The van der Waals surface area contributed by atoms with E-state index in [4.69, 9.17) is 18.0 Å². The topological polar surface area (TPSA) is 38.0 Å². The lowest BCUT2D eigenvalue weighted by molar-refractivity contribution is 0.498. The summed E-state index contributed by atoms with van der Waals surface area (Å²) in [5, 5.41) is 2.59. The largest absolute Gasteiger partial charge is 0.389 e. The molecule has 0 unspecified atom stereocenters. The lowest BCUT2D eigenvalue weighted by Gasteiger charge is -2.13. The molecule has 0 radical (unpaired) electrons. The molecule has 2 aromatic carbocycles. The molecule has 0 bridgehead atoms. The first-order valence-corrected chi connectivity index (χ1v) is 6.59. The molecule has 0 saturated heterocycles. The molecule has 3 N–H and O–H groups in total. The average Bonchev–Trinajstić information content (AvgIpc) is 2.35.